The van der Waals surface area contributed by atoms with Crippen LogP contribution in [0.15, 0.2) is 145 Å². The number of hydrogen-bond donors (Lipinski definition) is 1. The maximum absolute atomic E-state index is 8.48. The third kappa shape index (κ3) is 4.20. The molecular formula is C34H25N. The highest BCUT2D eigenvalue weighted by molar-refractivity contribution is 6.05. The van der Waals surface area contributed by atoms with Crippen molar-refractivity contribution in [2.75, 3.05) is 5.32 Å². The van der Waals surface area contributed by atoms with Crippen LogP contribution in [-0.4, -0.2) is 0 Å². The Kier molecular flexibility index (Phi) is 3.39. The summed E-state index contributed by atoms with van der Waals surface area (Å²) in [6, 6.07) is 22.4. The van der Waals surface area contributed by atoms with E-state index in [9.17, 15) is 0 Å². The van der Waals surface area contributed by atoms with E-state index in [0.29, 0.717) is 16.8 Å². The molecule has 0 spiro atoms. The molecular weight excluding hydrogens is 422 g/mol. The van der Waals surface area contributed by atoms with Crippen LogP contribution in [0.25, 0.3) is 44.2 Å². The van der Waals surface area contributed by atoms with Crippen molar-refractivity contribution in [2.24, 2.45) is 0 Å². The number of fused-ring (bicyclic) bond motifs is 1. The molecule has 0 aliphatic heterocycles. The van der Waals surface area contributed by atoms with E-state index in [1.807, 2.05) is 54.6 Å². The average Bonchev–Trinajstić information content (AvgIpc) is 3.06. The van der Waals surface area contributed by atoms with Gasteiger partial charge in [-0.05, 0) is 56.8 Å². The fourth-order valence-corrected chi connectivity index (χ4v) is 4.24. The standard InChI is InChI=1S/C34H25N/c1-3-11-25(12-4-1)29-23-24-30(33-17-8-7-16-32(29)33)27-19-21-28(22-20-27)35-34-18-10-9-15-31(34)26-13-5-2-6-14-26/h1-24,35H/i1D,2D,3D,4D,5D,6D,11D,12D,13D,14D. The zero-order valence-corrected chi connectivity index (χ0v) is 18.6. The first-order valence-corrected chi connectivity index (χ1v) is 11.1. The fraction of sp³-hybridized carbons (Fsp3) is 0. The maximum atomic E-state index is 8.48. The summed E-state index contributed by atoms with van der Waals surface area (Å²) in [7, 11) is 0. The largest absolute Gasteiger partial charge is 0.355 e. The van der Waals surface area contributed by atoms with Crippen molar-refractivity contribution in [2.45, 2.75) is 0 Å². The van der Waals surface area contributed by atoms with Gasteiger partial charge < -0.3 is 5.32 Å². The van der Waals surface area contributed by atoms with E-state index in [2.05, 4.69) is 5.32 Å². The van der Waals surface area contributed by atoms with E-state index >= 15 is 0 Å². The van der Waals surface area contributed by atoms with Crippen LogP contribution < -0.4 is 5.32 Å². The summed E-state index contributed by atoms with van der Waals surface area (Å²) in [5, 5.41) is 4.93. The molecule has 0 unspecified atom stereocenters. The minimum Gasteiger partial charge on any atom is -0.355 e. The molecule has 0 aliphatic carbocycles. The lowest BCUT2D eigenvalue weighted by molar-refractivity contribution is 1.53. The molecule has 0 aliphatic rings. The molecule has 6 aromatic rings. The van der Waals surface area contributed by atoms with Gasteiger partial charge in [0, 0.05) is 16.9 Å². The average molecular weight is 458 g/mol. The summed E-state index contributed by atoms with van der Waals surface area (Å²) in [6.07, 6.45) is 0. The smallest absolute Gasteiger partial charge is 0.0629 e. The van der Waals surface area contributed by atoms with Gasteiger partial charge in [-0.3, -0.25) is 0 Å². The summed E-state index contributed by atoms with van der Waals surface area (Å²) in [5.74, 6) is 0. The number of nitrogens with one attached hydrogen (secondary N) is 1. The predicted octanol–water partition coefficient (Wildman–Crippen LogP) is 9.58. The molecule has 0 amide bonds. The lowest BCUT2D eigenvalue weighted by Gasteiger charge is -2.14. The van der Waals surface area contributed by atoms with Crippen LogP contribution in [0.3, 0.4) is 0 Å². The molecule has 0 saturated heterocycles. The quantitative estimate of drug-likeness (QED) is 0.272. The first kappa shape index (κ1) is 12.7. The zero-order valence-electron chi connectivity index (χ0n) is 28.6. The molecule has 6 rings (SSSR count). The van der Waals surface area contributed by atoms with E-state index in [-0.39, 0.29) is 47.4 Å². The van der Waals surface area contributed by atoms with Crippen LogP contribution in [0.1, 0.15) is 13.7 Å². The minimum absolute atomic E-state index is 0.117. The Balaban J connectivity index is 1.39. The Labute approximate surface area is 220 Å². The topological polar surface area (TPSA) is 12.0 Å². The van der Waals surface area contributed by atoms with Crippen LogP contribution in [0.4, 0.5) is 11.4 Å². The summed E-state index contributed by atoms with van der Waals surface area (Å²) < 4.78 is 82.1. The van der Waals surface area contributed by atoms with Gasteiger partial charge in [0.1, 0.15) is 0 Å². The molecule has 6 aromatic carbocycles. The van der Waals surface area contributed by atoms with Crippen molar-refractivity contribution in [3.63, 3.8) is 0 Å². The molecule has 0 bridgehead atoms. The SMILES string of the molecule is [2H]c1c([2H])c([2H])c(-c2ccccc2Nc2ccc(-c3ccc(-c4c([2H])c([2H])c([2H])c([2H])c4[2H])c4ccccc34)cc2)c([2H])c1[2H]. The van der Waals surface area contributed by atoms with Crippen LogP contribution in [-0.2, 0) is 0 Å². The maximum Gasteiger partial charge on any atom is 0.0629 e. The van der Waals surface area contributed by atoms with Gasteiger partial charge in [0.25, 0.3) is 0 Å². The van der Waals surface area contributed by atoms with Gasteiger partial charge in [0.15, 0.2) is 0 Å². The molecule has 0 aromatic heterocycles. The molecule has 0 saturated carbocycles. The highest BCUT2D eigenvalue weighted by atomic mass is 14.9. The Morgan fingerprint density at radius 1 is 0.429 bits per heavy atom. The fourth-order valence-electron chi connectivity index (χ4n) is 4.24. The lowest BCUT2D eigenvalue weighted by atomic mass is 9.92. The molecule has 1 heteroatoms. The third-order valence-corrected chi connectivity index (χ3v) is 5.86. The molecule has 0 atom stereocenters. The summed E-state index contributed by atoms with van der Waals surface area (Å²) in [6.45, 7) is 0. The number of para-hydroxylation sites is 1. The second kappa shape index (κ2) is 9.32. The van der Waals surface area contributed by atoms with Gasteiger partial charge in [0.05, 0.1) is 13.7 Å². The van der Waals surface area contributed by atoms with Gasteiger partial charge in [-0.15, -0.1) is 0 Å². The Hall–Kier alpha value is -4.62. The number of hydrogen-bond acceptors (Lipinski definition) is 1. The minimum atomic E-state index is -0.441. The first-order chi connectivity index (χ1) is 21.5. The van der Waals surface area contributed by atoms with E-state index in [1.165, 1.54) is 0 Å². The molecule has 0 radical (unpaired) electrons. The molecule has 0 fully saturated rings. The van der Waals surface area contributed by atoms with Gasteiger partial charge in [0.2, 0.25) is 0 Å². The molecule has 1 N–H and O–H groups in total. The Morgan fingerprint density at radius 2 is 0.943 bits per heavy atom. The summed E-state index contributed by atoms with van der Waals surface area (Å²) in [4.78, 5) is 0. The molecule has 35 heavy (non-hydrogen) atoms. The van der Waals surface area contributed by atoms with Crippen LogP contribution in [0.5, 0.6) is 0 Å². The van der Waals surface area contributed by atoms with Crippen molar-refractivity contribution < 1.29 is 13.7 Å². The highest BCUT2D eigenvalue weighted by Crippen LogP contribution is 2.36. The van der Waals surface area contributed by atoms with Crippen molar-refractivity contribution in [1.82, 2.24) is 0 Å². The van der Waals surface area contributed by atoms with Crippen molar-refractivity contribution >= 4 is 22.1 Å². The van der Waals surface area contributed by atoms with E-state index in [0.717, 1.165) is 27.6 Å². The predicted molar refractivity (Wildman–Crippen MR) is 150 cm³/mol. The highest BCUT2D eigenvalue weighted by Gasteiger charge is 2.10. The van der Waals surface area contributed by atoms with Gasteiger partial charge in [-0.25, -0.2) is 0 Å². The molecule has 0 heterocycles. The second-order valence-electron chi connectivity index (χ2n) is 7.95. The van der Waals surface area contributed by atoms with E-state index < -0.39 is 24.2 Å². The molecule has 166 valence electrons. The van der Waals surface area contributed by atoms with Crippen molar-refractivity contribution in [3.8, 4) is 33.4 Å². The van der Waals surface area contributed by atoms with E-state index in [1.54, 1.807) is 30.3 Å². The van der Waals surface area contributed by atoms with Crippen LogP contribution in [0.2, 0.25) is 0 Å². The number of anilines is 2. The van der Waals surface area contributed by atoms with Gasteiger partial charge >= 0.3 is 0 Å². The van der Waals surface area contributed by atoms with Crippen molar-refractivity contribution in [3.05, 3.63) is 145 Å². The zero-order chi connectivity index (χ0) is 32.2. The van der Waals surface area contributed by atoms with Gasteiger partial charge in [-0.1, -0.05) is 127 Å². The van der Waals surface area contributed by atoms with Crippen LogP contribution >= 0.6 is 0 Å². The van der Waals surface area contributed by atoms with E-state index in [4.69, 9.17) is 13.7 Å². The normalized spacial score (nSPS) is 14.9. The summed E-state index contributed by atoms with van der Waals surface area (Å²) >= 11 is 0. The number of rotatable bonds is 5. The lowest BCUT2D eigenvalue weighted by Crippen LogP contribution is -1.93. The summed E-state index contributed by atoms with van der Waals surface area (Å²) in [5.41, 5.74) is 4.39. The molecule has 1 nitrogen and oxygen atoms in total. The second-order valence-corrected chi connectivity index (χ2v) is 7.95. The monoisotopic (exact) mass is 457 g/mol. The Bertz CT molecular complexity index is 2080. The van der Waals surface area contributed by atoms with Gasteiger partial charge in [-0.2, -0.15) is 0 Å². The number of benzene rings is 6. The Morgan fingerprint density at radius 3 is 1.57 bits per heavy atom. The third-order valence-electron chi connectivity index (χ3n) is 5.86. The first-order valence-electron chi connectivity index (χ1n) is 16.1. The van der Waals surface area contributed by atoms with Crippen LogP contribution in [0, 0.1) is 0 Å². The van der Waals surface area contributed by atoms with Crippen molar-refractivity contribution in [1.29, 1.82) is 0 Å².